The number of rotatable bonds is 5. The molecule has 1 aliphatic heterocycles. The second-order valence-electron chi connectivity index (χ2n) is 7.23. The van der Waals surface area contributed by atoms with Gasteiger partial charge < -0.3 is 18.8 Å². The summed E-state index contributed by atoms with van der Waals surface area (Å²) >= 11 is 0. The Balaban J connectivity index is 1.41. The van der Waals surface area contributed by atoms with Gasteiger partial charge in [0, 0.05) is 38.8 Å². The van der Waals surface area contributed by atoms with Crippen LogP contribution in [0.25, 0.3) is 11.0 Å². The quantitative estimate of drug-likeness (QED) is 0.647. The van der Waals surface area contributed by atoms with Crippen LogP contribution < -0.4 is 14.9 Å². The zero-order valence-electron chi connectivity index (χ0n) is 17.1. The van der Waals surface area contributed by atoms with Crippen LogP contribution in [-0.2, 0) is 6.54 Å². The van der Waals surface area contributed by atoms with Crippen molar-refractivity contribution in [3.63, 3.8) is 0 Å². The Bertz CT molecular complexity index is 1120. The highest BCUT2D eigenvalue weighted by Gasteiger charge is 2.24. The van der Waals surface area contributed by atoms with Crippen LogP contribution in [0, 0.1) is 0 Å². The van der Waals surface area contributed by atoms with Crippen molar-refractivity contribution < 1.29 is 18.7 Å². The molecule has 1 saturated heterocycles. The lowest BCUT2D eigenvalue weighted by atomic mass is 10.1. The smallest absolute Gasteiger partial charge is 0.289 e. The molecule has 4 rings (SSSR count). The first-order chi connectivity index (χ1) is 14.6. The summed E-state index contributed by atoms with van der Waals surface area (Å²) in [6.07, 6.45) is 0. The fraction of sp³-hybridized carbons (Fsp3) is 0.304. The van der Waals surface area contributed by atoms with Crippen molar-refractivity contribution in [1.82, 2.24) is 9.80 Å². The SMILES string of the molecule is COc1ccc(CN2CCN(C(=O)c3cc(=O)c4ccccc4o3)CC2)cc1OC. The molecular weight excluding hydrogens is 384 g/mol. The van der Waals surface area contributed by atoms with Crippen molar-refractivity contribution >= 4 is 16.9 Å². The van der Waals surface area contributed by atoms with Crippen LogP contribution in [0.2, 0.25) is 0 Å². The average Bonchev–Trinajstić information content (AvgIpc) is 2.79. The highest BCUT2D eigenvalue weighted by molar-refractivity contribution is 5.93. The third-order valence-electron chi connectivity index (χ3n) is 5.36. The van der Waals surface area contributed by atoms with Gasteiger partial charge in [0.2, 0.25) is 0 Å². The number of carbonyl (C=O) groups excluding carboxylic acids is 1. The topological polar surface area (TPSA) is 72.2 Å². The van der Waals surface area contributed by atoms with E-state index in [0.29, 0.717) is 35.6 Å². The maximum atomic E-state index is 12.9. The van der Waals surface area contributed by atoms with E-state index in [1.165, 1.54) is 6.07 Å². The molecule has 1 amide bonds. The average molecular weight is 408 g/mol. The molecule has 0 unspecified atom stereocenters. The molecular formula is C23H24N2O5. The van der Waals surface area contributed by atoms with Crippen LogP contribution >= 0.6 is 0 Å². The van der Waals surface area contributed by atoms with Gasteiger partial charge in [-0.1, -0.05) is 18.2 Å². The van der Waals surface area contributed by atoms with Crippen molar-refractivity contribution in [3.05, 3.63) is 70.1 Å². The summed E-state index contributed by atoms with van der Waals surface area (Å²) < 4.78 is 16.4. The first kappa shape index (κ1) is 20.0. The van der Waals surface area contributed by atoms with Gasteiger partial charge in [-0.25, -0.2) is 0 Å². The Labute approximate surface area is 174 Å². The van der Waals surface area contributed by atoms with E-state index >= 15 is 0 Å². The molecule has 1 fully saturated rings. The van der Waals surface area contributed by atoms with Crippen LogP contribution in [-0.4, -0.2) is 56.1 Å². The van der Waals surface area contributed by atoms with Crippen molar-refractivity contribution in [2.45, 2.75) is 6.54 Å². The lowest BCUT2D eigenvalue weighted by Gasteiger charge is -2.34. The number of hydrogen-bond donors (Lipinski definition) is 0. The Morgan fingerprint density at radius 1 is 0.967 bits per heavy atom. The lowest BCUT2D eigenvalue weighted by Crippen LogP contribution is -2.48. The number of ether oxygens (including phenoxy) is 2. The molecule has 30 heavy (non-hydrogen) atoms. The molecule has 2 aromatic carbocycles. The summed E-state index contributed by atoms with van der Waals surface area (Å²) in [4.78, 5) is 29.2. The summed E-state index contributed by atoms with van der Waals surface area (Å²) in [5.41, 5.74) is 1.35. The molecule has 0 aliphatic carbocycles. The first-order valence-corrected chi connectivity index (χ1v) is 9.84. The van der Waals surface area contributed by atoms with Crippen LogP contribution in [0.3, 0.4) is 0 Å². The largest absolute Gasteiger partial charge is 0.493 e. The fourth-order valence-corrected chi connectivity index (χ4v) is 3.71. The maximum absolute atomic E-state index is 12.9. The van der Waals surface area contributed by atoms with Crippen LogP contribution in [0.15, 0.2) is 57.7 Å². The van der Waals surface area contributed by atoms with Gasteiger partial charge in [0.05, 0.1) is 19.6 Å². The molecule has 7 heteroatoms. The number of benzene rings is 2. The molecule has 0 atom stereocenters. The number of methoxy groups -OCH3 is 2. The first-order valence-electron chi connectivity index (χ1n) is 9.84. The molecule has 7 nitrogen and oxygen atoms in total. The van der Waals surface area contributed by atoms with Crippen LogP contribution in [0.4, 0.5) is 0 Å². The molecule has 3 aromatic rings. The molecule has 0 bridgehead atoms. The molecule has 156 valence electrons. The predicted molar refractivity (Wildman–Crippen MR) is 113 cm³/mol. The molecule has 0 saturated carbocycles. The number of fused-ring (bicyclic) bond motifs is 1. The molecule has 0 spiro atoms. The normalized spacial score (nSPS) is 14.7. The fourth-order valence-electron chi connectivity index (χ4n) is 3.71. The molecule has 1 aromatic heterocycles. The van der Waals surface area contributed by atoms with Crippen molar-refractivity contribution in [2.24, 2.45) is 0 Å². The van der Waals surface area contributed by atoms with E-state index in [0.717, 1.165) is 25.2 Å². The number of hydrogen-bond acceptors (Lipinski definition) is 6. The minimum Gasteiger partial charge on any atom is -0.493 e. The summed E-state index contributed by atoms with van der Waals surface area (Å²) in [6, 6.07) is 14.1. The van der Waals surface area contributed by atoms with E-state index < -0.39 is 0 Å². The van der Waals surface area contributed by atoms with Gasteiger partial charge in [-0.15, -0.1) is 0 Å². The highest BCUT2D eigenvalue weighted by atomic mass is 16.5. The minimum absolute atomic E-state index is 0.0899. The summed E-state index contributed by atoms with van der Waals surface area (Å²) in [6.45, 7) is 3.37. The summed E-state index contributed by atoms with van der Waals surface area (Å²) in [5.74, 6) is 1.25. The van der Waals surface area contributed by atoms with E-state index in [1.54, 1.807) is 43.4 Å². The highest BCUT2D eigenvalue weighted by Crippen LogP contribution is 2.28. The maximum Gasteiger partial charge on any atom is 0.289 e. The van der Waals surface area contributed by atoms with Crippen molar-refractivity contribution in [1.29, 1.82) is 0 Å². The second-order valence-corrected chi connectivity index (χ2v) is 7.23. The number of carbonyl (C=O) groups is 1. The van der Waals surface area contributed by atoms with E-state index in [1.807, 2.05) is 18.2 Å². The molecule has 0 radical (unpaired) electrons. The third kappa shape index (κ3) is 4.02. The van der Waals surface area contributed by atoms with Crippen molar-refractivity contribution in [3.8, 4) is 11.5 Å². The predicted octanol–water partition coefficient (Wildman–Crippen LogP) is 2.77. The zero-order valence-corrected chi connectivity index (χ0v) is 17.1. The summed E-state index contributed by atoms with van der Waals surface area (Å²) in [5, 5.41) is 0.480. The monoisotopic (exact) mass is 408 g/mol. The number of amides is 1. The molecule has 2 heterocycles. The Morgan fingerprint density at radius 2 is 1.70 bits per heavy atom. The number of piperazine rings is 1. The standard InChI is InChI=1S/C23H24N2O5/c1-28-20-8-7-16(13-21(20)29-2)15-24-9-11-25(12-10-24)23(27)22-14-18(26)17-5-3-4-6-19(17)30-22/h3-8,13-14H,9-12,15H2,1-2H3. The van der Waals surface area contributed by atoms with Gasteiger partial charge in [0.15, 0.2) is 22.7 Å². The third-order valence-corrected chi connectivity index (χ3v) is 5.36. The van der Waals surface area contributed by atoms with Crippen molar-refractivity contribution in [2.75, 3.05) is 40.4 Å². The van der Waals surface area contributed by atoms with E-state index in [9.17, 15) is 9.59 Å². The van der Waals surface area contributed by atoms with Gasteiger partial charge in [0.25, 0.3) is 5.91 Å². The Kier molecular flexibility index (Phi) is 5.72. The van der Waals surface area contributed by atoms with Crippen LogP contribution in [0.1, 0.15) is 16.1 Å². The number of para-hydroxylation sites is 1. The lowest BCUT2D eigenvalue weighted by molar-refractivity contribution is 0.0598. The zero-order chi connectivity index (χ0) is 21.1. The Hall–Kier alpha value is -3.32. The Morgan fingerprint density at radius 3 is 2.43 bits per heavy atom. The van der Waals surface area contributed by atoms with Gasteiger partial charge in [-0.3, -0.25) is 14.5 Å². The minimum atomic E-state index is -0.247. The second kappa shape index (κ2) is 8.59. The molecule has 0 N–H and O–H groups in total. The van der Waals surface area contributed by atoms with E-state index in [2.05, 4.69) is 4.90 Å². The van der Waals surface area contributed by atoms with E-state index in [-0.39, 0.29) is 17.1 Å². The van der Waals surface area contributed by atoms with Gasteiger partial charge in [-0.05, 0) is 29.8 Å². The van der Waals surface area contributed by atoms with Gasteiger partial charge in [0.1, 0.15) is 5.58 Å². The number of nitrogens with zero attached hydrogens (tertiary/aromatic N) is 2. The summed E-state index contributed by atoms with van der Waals surface area (Å²) in [7, 11) is 3.24. The molecule has 1 aliphatic rings. The van der Waals surface area contributed by atoms with Gasteiger partial charge in [-0.2, -0.15) is 0 Å². The van der Waals surface area contributed by atoms with Crippen LogP contribution in [0.5, 0.6) is 11.5 Å². The van der Waals surface area contributed by atoms with E-state index in [4.69, 9.17) is 13.9 Å². The van der Waals surface area contributed by atoms with Gasteiger partial charge >= 0.3 is 0 Å².